The summed E-state index contributed by atoms with van der Waals surface area (Å²) in [5.74, 6) is 0.939. The van der Waals surface area contributed by atoms with Gasteiger partial charge in [0.05, 0.1) is 6.42 Å². The topological polar surface area (TPSA) is 55.1 Å². The molecular weight excluding hydrogens is 244 g/mol. The van der Waals surface area contributed by atoms with Crippen LogP contribution in [0.2, 0.25) is 0 Å². The fourth-order valence-corrected chi connectivity index (χ4v) is 1.99. The van der Waals surface area contributed by atoms with Crippen LogP contribution in [-0.4, -0.2) is 17.4 Å². The summed E-state index contributed by atoms with van der Waals surface area (Å²) in [5.41, 5.74) is 7.34. The largest absolute Gasteiger partial charge is 0.389 e. The first-order valence-electron chi connectivity index (χ1n) is 6.30. The van der Waals surface area contributed by atoms with E-state index in [-0.39, 0.29) is 5.91 Å². The van der Waals surface area contributed by atoms with Gasteiger partial charge in [-0.25, -0.2) is 0 Å². The van der Waals surface area contributed by atoms with Crippen molar-refractivity contribution in [3.05, 3.63) is 35.4 Å². The zero-order chi connectivity index (χ0) is 13.0. The highest BCUT2D eigenvalue weighted by atomic mass is 32.1. The molecule has 4 heteroatoms. The van der Waals surface area contributed by atoms with Crippen LogP contribution in [0.3, 0.4) is 0 Å². The molecule has 1 aliphatic rings. The molecule has 1 aromatic carbocycles. The van der Waals surface area contributed by atoms with E-state index in [0.29, 0.717) is 11.4 Å². The van der Waals surface area contributed by atoms with E-state index in [1.165, 1.54) is 12.8 Å². The molecule has 0 radical (unpaired) electrons. The van der Waals surface area contributed by atoms with E-state index in [4.69, 9.17) is 18.0 Å². The Hall–Kier alpha value is -1.42. The Morgan fingerprint density at radius 1 is 1.33 bits per heavy atom. The molecule has 0 unspecified atom stereocenters. The zero-order valence-electron chi connectivity index (χ0n) is 10.3. The minimum absolute atomic E-state index is 0.0822. The lowest BCUT2D eigenvalue weighted by molar-refractivity contribution is -0.120. The van der Waals surface area contributed by atoms with Crippen LogP contribution in [0.25, 0.3) is 0 Å². The summed E-state index contributed by atoms with van der Waals surface area (Å²) in [6, 6.07) is 7.51. The van der Waals surface area contributed by atoms with Crippen molar-refractivity contribution in [2.75, 3.05) is 6.54 Å². The maximum Gasteiger partial charge on any atom is 0.224 e. The summed E-state index contributed by atoms with van der Waals surface area (Å²) < 4.78 is 0. The SMILES string of the molecule is NC(=S)c1ccc(CC(=O)NCCC2CC2)cc1. The number of carbonyl (C=O) groups is 1. The van der Waals surface area contributed by atoms with Crippen LogP contribution in [0.4, 0.5) is 0 Å². The van der Waals surface area contributed by atoms with Gasteiger partial charge in [-0.2, -0.15) is 0 Å². The molecule has 0 bridgehead atoms. The van der Waals surface area contributed by atoms with Crippen LogP contribution < -0.4 is 11.1 Å². The van der Waals surface area contributed by atoms with E-state index in [9.17, 15) is 4.79 Å². The highest BCUT2D eigenvalue weighted by Gasteiger charge is 2.20. The monoisotopic (exact) mass is 262 g/mol. The molecule has 0 aliphatic heterocycles. The molecule has 0 atom stereocenters. The lowest BCUT2D eigenvalue weighted by Crippen LogP contribution is -2.26. The van der Waals surface area contributed by atoms with Crippen molar-refractivity contribution < 1.29 is 4.79 Å². The second kappa shape index (κ2) is 5.96. The van der Waals surface area contributed by atoms with E-state index in [2.05, 4.69) is 5.32 Å². The van der Waals surface area contributed by atoms with Gasteiger partial charge in [0.2, 0.25) is 5.91 Å². The standard InChI is InChI=1S/C14H18N2OS/c15-14(18)12-5-3-11(4-6-12)9-13(17)16-8-7-10-1-2-10/h3-6,10H,1-2,7-9H2,(H2,15,18)(H,16,17). The van der Waals surface area contributed by atoms with Crippen molar-refractivity contribution in [2.24, 2.45) is 11.7 Å². The van der Waals surface area contributed by atoms with Crippen LogP contribution >= 0.6 is 12.2 Å². The maximum atomic E-state index is 11.7. The van der Waals surface area contributed by atoms with Gasteiger partial charge in [0.25, 0.3) is 0 Å². The Morgan fingerprint density at radius 3 is 2.56 bits per heavy atom. The van der Waals surface area contributed by atoms with Crippen LogP contribution in [0.15, 0.2) is 24.3 Å². The van der Waals surface area contributed by atoms with E-state index >= 15 is 0 Å². The zero-order valence-corrected chi connectivity index (χ0v) is 11.1. The maximum absolute atomic E-state index is 11.7. The van der Waals surface area contributed by atoms with E-state index in [1.807, 2.05) is 24.3 Å². The predicted molar refractivity (Wildman–Crippen MR) is 76.4 cm³/mol. The summed E-state index contributed by atoms with van der Waals surface area (Å²) >= 11 is 4.88. The number of nitrogens with two attached hydrogens (primary N) is 1. The molecule has 18 heavy (non-hydrogen) atoms. The molecule has 3 nitrogen and oxygen atoms in total. The minimum atomic E-state index is 0.0822. The molecule has 1 fully saturated rings. The molecular formula is C14H18N2OS. The van der Waals surface area contributed by atoms with Gasteiger partial charge in [0, 0.05) is 12.1 Å². The predicted octanol–water partition coefficient (Wildman–Crippen LogP) is 1.78. The van der Waals surface area contributed by atoms with Crippen molar-refractivity contribution in [1.82, 2.24) is 5.32 Å². The highest BCUT2D eigenvalue weighted by Crippen LogP contribution is 2.31. The number of amides is 1. The molecule has 1 aromatic rings. The summed E-state index contributed by atoms with van der Waals surface area (Å²) in [7, 11) is 0. The third-order valence-electron chi connectivity index (χ3n) is 3.17. The lowest BCUT2D eigenvalue weighted by atomic mass is 10.1. The van der Waals surface area contributed by atoms with Gasteiger partial charge in [-0.3, -0.25) is 4.79 Å². The second-order valence-electron chi connectivity index (χ2n) is 4.82. The molecule has 1 saturated carbocycles. The second-order valence-corrected chi connectivity index (χ2v) is 5.26. The molecule has 0 heterocycles. The average molecular weight is 262 g/mol. The summed E-state index contributed by atoms with van der Waals surface area (Å²) in [4.78, 5) is 12.1. The Balaban J connectivity index is 1.76. The third-order valence-corrected chi connectivity index (χ3v) is 3.41. The van der Waals surface area contributed by atoms with Crippen LogP contribution in [0.5, 0.6) is 0 Å². The lowest BCUT2D eigenvalue weighted by Gasteiger charge is -2.05. The molecule has 0 aromatic heterocycles. The van der Waals surface area contributed by atoms with Crippen molar-refractivity contribution in [2.45, 2.75) is 25.7 Å². The Bertz CT molecular complexity index is 438. The fraction of sp³-hybridized carbons (Fsp3) is 0.429. The first kappa shape index (κ1) is 13.0. The molecule has 0 saturated heterocycles. The van der Waals surface area contributed by atoms with Gasteiger partial charge < -0.3 is 11.1 Å². The van der Waals surface area contributed by atoms with E-state index in [0.717, 1.165) is 30.0 Å². The van der Waals surface area contributed by atoms with Gasteiger partial charge in [-0.05, 0) is 17.9 Å². The van der Waals surface area contributed by atoms with Crippen molar-refractivity contribution in [3.8, 4) is 0 Å². The summed E-state index contributed by atoms with van der Waals surface area (Å²) in [6.07, 6.45) is 4.20. The Morgan fingerprint density at radius 2 is 2.00 bits per heavy atom. The molecule has 96 valence electrons. The molecule has 1 amide bonds. The quantitative estimate of drug-likeness (QED) is 0.768. The normalized spacial score (nSPS) is 14.2. The first-order chi connectivity index (χ1) is 8.65. The Kier molecular flexibility index (Phi) is 4.31. The number of hydrogen-bond donors (Lipinski definition) is 2. The average Bonchev–Trinajstić information content (AvgIpc) is 3.13. The molecule has 1 aliphatic carbocycles. The molecule has 3 N–H and O–H groups in total. The van der Waals surface area contributed by atoms with Gasteiger partial charge in [0.15, 0.2) is 0 Å². The molecule has 2 rings (SSSR count). The van der Waals surface area contributed by atoms with Crippen molar-refractivity contribution in [3.63, 3.8) is 0 Å². The highest BCUT2D eigenvalue weighted by molar-refractivity contribution is 7.80. The fourth-order valence-electron chi connectivity index (χ4n) is 1.86. The first-order valence-corrected chi connectivity index (χ1v) is 6.71. The number of hydrogen-bond acceptors (Lipinski definition) is 2. The number of rotatable bonds is 6. The number of benzene rings is 1. The number of nitrogens with one attached hydrogen (secondary N) is 1. The number of thiocarbonyl (C=S) groups is 1. The van der Waals surface area contributed by atoms with Gasteiger partial charge >= 0.3 is 0 Å². The van der Waals surface area contributed by atoms with Crippen LogP contribution in [0, 0.1) is 5.92 Å². The van der Waals surface area contributed by atoms with E-state index < -0.39 is 0 Å². The summed E-state index contributed by atoms with van der Waals surface area (Å²) in [6.45, 7) is 0.800. The number of carbonyl (C=O) groups excluding carboxylic acids is 1. The van der Waals surface area contributed by atoms with Crippen LogP contribution in [0.1, 0.15) is 30.4 Å². The minimum Gasteiger partial charge on any atom is -0.389 e. The van der Waals surface area contributed by atoms with Gasteiger partial charge in [-0.1, -0.05) is 49.3 Å². The molecule has 0 spiro atoms. The van der Waals surface area contributed by atoms with Gasteiger partial charge in [0.1, 0.15) is 4.99 Å². The van der Waals surface area contributed by atoms with Crippen molar-refractivity contribution in [1.29, 1.82) is 0 Å². The Labute approximate surface area is 113 Å². The van der Waals surface area contributed by atoms with Gasteiger partial charge in [-0.15, -0.1) is 0 Å². The smallest absolute Gasteiger partial charge is 0.224 e. The van der Waals surface area contributed by atoms with Crippen molar-refractivity contribution >= 4 is 23.1 Å². The third kappa shape index (κ3) is 4.11. The van der Waals surface area contributed by atoms with Crippen LogP contribution in [-0.2, 0) is 11.2 Å². The van der Waals surface area contributed by atoms with E-state index in [1.54, 1.807) is 0 Å². The summed E-state index contributed by atoms with van der Waals surface area (Å²) in [5, 5.41) is 2.95.